The summed E-state index contributed by atoms with van der Waals surface area (Å²) in [6.45, 7) is 0. The zero-order chi connectivity index (χ0) is 13.2. The number of aliphatic hydroxyl groups is 1. The molecule has 1 aliphatic carbocycles. The molecule has 0 aliphatic heterocycles. The highest BCUT2D eigenvalue weighted by molar-refractivity contribution is 5.32. The monoisotopic (exact) mass is 253 g/mol. The van der Waals surface area contributed by atoms with Crippen molar-refractivity contribution in [2.45, 2.75) is 37.3 Å². The minimum absolute atomic E-state index is 0.387. The third-order valence-corrected chi connectivity index (χ3v) is 3.90. The number of hydrogen-bond acceptors (Lipinski definition) is 3. The van der Waals surface area contributed by atoms with Crippen LogP contribution in [0.1, 0.15) is 31.2 Å². The summed E-state index contributed by atoms with van der Waals surface area (Å²) in [5.41, 5.74) is -0.651. The maximum Gasteiger partial charge on any atom is 0.132 e. The predicted octanol–water partition coefficient (Wildman–Crippen LogP) is 2.18. The van der Waals surface area contributed by atoms with Crippen LogP contribution in [-0.2, 0) is 5.60 Å². The SMILES string of the molecule is CNC1CCC(O)(c2ccc(OC)cc2F)CC1. The molecule has 4 heteroatoms. The lowest BCUT2D eigenvalue weighted by molar-refractivity contribution is -0.0106. The smallest absolute Gasteiger partial charge is 0.132 e. The molecule has 18 heavy (non-hydrogen) atoms. The number of nitrogens with one attached hydrogen (secondary N) is 1. The fraction of sp³-hybridized carbons (Fsp3) is 0.571. The van der Waals surface area contributed by atoms with Gasteiger partial charge in [-0.1, -0.05) is 0 Å². The third kappa shape index (κ3) is 2.49. The van der Waals surface area contributed by atoms with Crippen LogP contribution in [0.2, 0.25) is 0 Å². The summed E-state index contributed by atoms with van der Waals surface area (Å²) in [4.78, 5) is 0. The highest BCUT2D eigenvalue weighted by Gasteiger charge is 2.36. The van der Waals surface area contributed by atoms with E-state index < -0.39 is 5.60 Å². The van der Waals surface area contributed by atoms with Crippen LogP contribution >= 0.6 is 0 Å². The quantitative estimate of drug-likeness (QED) is 0.867. The van der Waals surface area contributed by atoms with Gasteiger partial charge in [0.25, 0.3) is 0 Å². The topological polar surface area (TPSA) is 41.5 Å². The molecule has 0 atom stereocenters. The van der Waals surface area contributed by atoms with Gasteiger partial charge in [-0.3, -0.25) is 0 Å². The molecule has 0 bridgehead atoms. The van der Waals surface area contributed by atoms with Crippen LogP contribution in [0.15, 0.2) is 18.2 Å². The standard InChI is InChI=1S/C14H20FNO2/c1-16-10-5-7-14(17,8-6-10)12-4-3-11(18-2)9-13(12)15/h3-4,9-10,16-17H,5-8H2,1-2H3. The largest absolute Gasteiger partial charge is 0.497 e. The van der Waals surface area contributed by atoms with Crippen molar-refractivity contribution in [1.82, 2.24) is 5.32 Å². The van der Waals surface area contributed by atoms with Gasteiger partial charge in [0.2, 0.25) is 0 Å². The molecule has 0 radical (unpaired) electrons. The van der Waals surface area contributed by atoms with Gasteiger partial charge < -0.3 is 15.2 Å². The van der Waals surface area contributed by atoms with Crippen LogP contribution in [0.25, 0.3) is 0 Å². The molecular weight excluding hydrogens is 233 g/mol. The van der Waals surface area contributed by atoms with E-state index in [0.717, 1.165) is 12.8 Å². The van der Waals surface area contributed by atoms with E-state index in [4.69, 9.17) is 4.74 Å². The number of ether oxygens (including phenoxy) is 1. The fourth-order valence-corrected chi connectivity index (χ4v) is 2.65. The van der Waals surface area contributed by atoms with Gasteiger partial charge in [0.15, 0.2) is 0 Å². The molecule has 0 spiro atoms. The van der Waals surface area contributed by atoms with Crippen LogP contribution in [0, 0.1) is 5.82 Å². The first-order valence-electron chi connectivity index (χ1n) is 6.33. The molecule has 0 heterocycles. The first-order valence-corrected chi connectivity index (χ1v) is 6.33. The highest BCUT2D eigenvalue weighted by atomic mass is 19.1. The van der Waals surface area contributed by atoms with Gasteiger partial charge in [0.05, 0.1) is 12.7 Å². The molecule has 2 rings (SSSR count). The molecule has 100 valence electrons. The molecule has 3 nitrogen and oxygen atoms in total. The summed E-state index contributed by atoms with van der Waals surface area (Å²) in [5, 5.41) is 13.8. The van der Waals surface area contributed by atoms with Gasteiger partial charge in [0, 0.05) is 17.7 Å². The average molecular weight is 253 g/mol. The lowest BCUT2D eigenvalue weighted by Crippen LogP contribution is -2.38. The summed E-state index contributed by atoms with van der Waals surface area (Å²) in [6, 6.07) is 5.08. The van der Waals surface area contributed by atoms with E-state index in [0.29, 0.717) is 30.2 Å². The van der Waals surface area contributed by atoms with Crippen LogP contribution < -0.4 is 10.1 Å². The summed E-state index contributed by atoms with van der Waals surface area (Å²) >= 11 is 0. The van der Waals surface area contributed by atoms with E-state index in [9.17, 15) is 9.50 Å². The van der Waals surface area contributed by atoms with E-state index in [1.807, 2.05) is 7.05 Å². The second-order valence-electron chi connectivity index (χ2n) is 4.94. The summed E-state index contributed by atoms with van der Waals surface area (Å²) in [6.07, 6.45) is 2.89. The number of benzene rings is 1. The van der Waals surface area contributed by atoms with E-state index in [-0.39, 0.29) is 5.82 Å². The number of halogens is 1. The van der Waals surface area contributed by atoms with Crippen LogP contribution in [0.3, 0.4) is 0 Å². The Balaban J connectivity index is 2.20. The summed E-state index contributed by atoms with van der Waals surface area (Å²) in [7, 11) is 3.42. The Labute approximate surface area is 107 Å². The van der Waals surface area contributed by atoms with Crippen molar-refractivity contribution in [3.05, 3.63) is 29.6 Å². The molecule has 1 aliphatic rings. The van der Waals surface area contributed by atoms with Crippen LogP contribution in [0.5, 0.6) is 5.75 Å². The Hall–Kier alpha value is -1.13. The van der Waals surface area contributed by atoms with Gasteiger partial charge in [-0.15, -0.1) is 0 Å². The number of hydrogen-bond donors (Lipinski definition) is 2. The lowest BCUT2D eigenvalue weighted by atomic mass is 9.77. The minimum atomic E-state index is -1.04. The van der Waals surface area contributed by atoms with Crippen molar-refractivity contribution in [2.24, 2.45) is 0 Å². The van der Waals surface area contributed by atoms with E-state index >= 15 is 0 Å². The molecule has 0 saturated heterocycles. The van der Waals surface area contributed by atoms with E-state index in [2.05, 4.69) is 5.32 Å². The zero-order valence-electron chi connectivity index (χ0n) is 10.9. The highest BCUT2D eigenvalue weighted by Crippen LogP contribution is 2.38. The van der Waals surface area contributed by atoms with Gasteiger partial charge in [-0.05, 0) is 44.9 Å². The van der Waals surface area contributed by atoms with Gasteiger partial charge in [-0.25, -0.2) is 4.39 Å². The van der Waals surface area contributed by atoms with Crippen molar-refractivity contribution >= 4 is 0 Å². The first-order chi connectivity index (χ1) is 8.59. The maximum absolute atomic E-state index is 14.0. The Morgan fingerprint density at radius 1 is 1.39 bits per heavy atom. The fourth-order valence-electron chi connectivity index (χ4n) is 2.65. The Morgan fingerprint density at radius 3 is 2.56 bits per heavy atom. The molecule has 0 aromatic heterocycles. The second-order valence-corrected chi connectivity index (χ2v) is 4.94. The molecule has 1 aromatic rings. The third-order valence-electron chi connectivity index (χ3n) is 3.90. The normalized spacial score (nSPS) is 28.1. The predicted molar refractivity (Wildman–Crippen MR) is 68.2 cm³/mol. The summed E-state index contributed by atoms with van der Waals surface area (Å²) < 4.78 is 19.0. The van der Waals surface area contributed by atoms with Crippen LogP contribution in [-0.4, -0.2) is 25.3 Å². The number of rotatable bonds is 3. The van der Waals surface area contributed by atoms with Crippen LogP contribution in [0.4, 0.5) is 4.39 Å². The maximum atomic E-state index is 14.0. The van der Waals surface area contributed by atoms with Gasteiger partial charge in [-0.2, -0.15) is 0 Å². The first kappa shape index (κ1) is 13.3. The van der Waals surface area contributed by atoms with Crippen molar-refractivity contribution in [3.63, 3.8) is 0 Å². The van der Waals surface area contributed by atoms with Crippen molar-refractivity contribution < 1.29 is 14.2 Å². The van der Waals surface area contributed by atoms with E-state index in [1.165, 1.54) is 13.2 Å². The Kier molecular flexibility index (Phi) is 3.88. The molecule has 1 aromatic carbocycles. The average Bonchev–Trinajstić information content (AvgIpc) is 2.39. The Morgan fingerprint density at radius 2 is 2.06 bits per heavy atom. The van der Waals surface area contributed by atoms with Crippen molar-refractivity contribution in [3.8, 4) is 5.75 Å². The van der Waals surface area contributed by atoms with Gasteiger partial charge in [0.1, 0.15) is 11.6 Å². The van der Waals surface area contributed by atoms with E-state index in [1.54, 1.807) is 12.1 Å². The Bertz CT molecular complexity index is 414. The number of methoxy groups -OCH3 is 1. The molecule has 1 saturated carbocycles. The lowest BCUT2D eigenvalue weighted by Gasteiger charge is -2.36. The van der Waals surface area contributed by atoms with Crippen molar-refractivity contribution in [1.29, 1.82) is 0 Å². The molecule has 0 amide bonds. The molecule has 0 unspecified atom stereocenters. The molecular formula is C14H20FNO2. The van der Waals surface area contributed by atoms with Gasteiger partial charge >= 0.3 is 0 Å². The molecule has 1 fully saturated rings. The zero-order valence-corrected chi connectivity index (χ0v) is 10.9. The second kappa shape index (κ2) is 5.24. The van der Waals surface area contributed by atoms with Crippen molar-refractivity contribution in [2.75, 3.05) is 14.2 Å². The minimum Gasteiger partial charge on any atom is -0.497 e. The summed E-state index contributed by atoms with van der Waals surface area (Å²) in [5.74, 6) is 0.0866. The molecule has 2 N–H and O–H groups in total.